The second-order valence-corrected chi connectivity index (χ2v) is 7.61. The molecule has 0 aliphatic rings. The number of nitrogens with zero attached hydrogens (tertiary/aromatic N) is 2. The molecule has 2 heterocycles. The Hall–Kier alpha value is -0.280. The number of H-pyrrole nitrogens is 1. The highest BCUT2D eigenvalue weighted by Crippen LogP contribution is 2.26. The molecule has 0 aromatic carbocycles. The van der Waals surface area contributed by atoms with E-state index in [-0.39, 0.29) is 5.56 Å². The molecule has 2 rings (SSSR count). The van der Waals surface area contributed by atoms with E-state index in [1.165, 1.54) is 0 Å². The van der Waals surface area contributed by atoms with Gasteiger partial charge in [-0.1, -0.05) is 13.8 Å². The van der Waals surface area contributed by atoms with Gasteiger partial charge in [-0.15, -0.1) is 0 Å². The first-order valence-electron chi connectivity index (χ1n) is 5.98. The quantitative estimate of drug-likeness (QED) is 0.628. The summed E-state index contributed by atoms with van der Waals surface area (Å²) in [6.45, 7) is 4.21. The van der Waals surface area contributed by atoms with Crippen LogP contribution in [0, 0.1) is 9.49 Å². The molecule has 4 nitrogen and oxygen atoms in total. The van der Waals surface area contributed by atoms with Crippen molar-refractivity contribution in [3.8, 4) is 11.5 Å². The van der Waals surface area contributed by atoms with Gasteiger partial charge in [0.25, 0.3) is 5.56 Å². The molecule has 0 radical (unpaired) electrons. The maximum absolute atomic E-state index is 12.0. The summed E-state index contributed by atoms with van der Waals surface area (Å²) in [6, 6.07) is 1.88. The lowest BCUT2D eigenvalue weighted by molar-refractivity contribution is 0.631. The molecule has 0 amide bonds. The highest BCUT2D eigenvalue weighted by Gasteiger charge is 2.14. The summed E-state index contributed by atoms with van der Waals surface area (Å²) in [4.78, 5) is 23.7. The SMILES string of the molecule is CC(C)Cc1nc(-c2ncc(Br)cc2Br)[nH]c(=O)c1I. The molecule has 2 aromatic rings. The molecule has 0 spiro atoms. The lowest BCUT2D eigenvalue weighted by atomic mass is 10.1. The summed E-state index contributed by atoms with van der Waals surface area (Å²) in [7, 11) is 0. The van der Waals surface area contributed by atoms with Gasteiger partial charge in [-0.05, 0) is 72.9 Å². The standard InChI is InChI=1S/C13H12Br2IN3O/c1-6(2)3-9-10(16)13(20)19-12(18-9)11-8(15)4-7(14)5-17-11/h4-6H,3H2,1-2H3,(H,18,19,20). The largest absolute Gasteiger partial charge is 0.304 e. The van der Waals surface area contributed by atoms with E-state index in [1.807, 2.05) is 28.7 Å². The molecule has 1 N–H and O–H groups in total. The first-order chi connectivity index (χ1) is 9.38. The third-order valence-corrected chi connectivity index (χ3v) is 4.72. The number of pyridine rings is 1. The van der Waals surface area contributed by atoms with E-state index in [9.17, 15) is 4.79 Å². The molecule has 0 unspecified atom stereocenters. The highest BCUT2D eigenvalue weighted by atomic mass is 127. The first-order valence-corrected chi connectivity index (χ1v) is 8.65. The summed E-state index contributed by atoms with van der Waals surface area (Å²) in [5, 5.41) is 0. The molecule has 20 heavy (non-hydrogen) atoms. The van der Waals surface area contributed by atoms with Crippen molar-refractivity contribution in [2.24, 2.45) is 5.92 Å². The van der Waals surface area contributed by atoms with Crippen molar-refractivity contribution in [3.63, 3.8) is 0 Å². The lowest BCUT2D eigenvalue weighted by Gasteiger charge is -2.09. The van der Waals surface area contributed by atoms with Crippen LogP contribution in [0.15, 0.2) is 26.0 Å². The summed E-state index contributed by atoms with van der Waals surface area (Å²) in [5.74, 6) is 0.928. The van der Waals surface area contributed by atoms with Gasteiger partial charge >= 0.3 is 0 Å². The topological polar surface area (TPSA) is 58.6 Å². The normalized spacial score (nSPS) is 11.1. The van der Waals surface area contributed by atoms with Crippen LogP contribution in [0.3, 0.4) is 0 Å². The number of nitrogens with one attached hydrogen (secondary N) is 1. The number of halogens is 3. The van der Waals surface area contributed by atoms with Crippen molar-refractivity contribution in [2.75, 3.05) is 0 Å². The van der Waals surface area contributed by atoms with Gasteiger partial charge in [0, 0.05) is 15.1 Å². The van der Waals surface area contributed by atoms with Crippen LogP contribution in [0.2, 0.25) is 0 Å². The van der Waals surface area contributed by atoms with Gasteiger partial charge in [0.05, 0.1) is 9.26 Å². The monoisotopic (exact) mass is 511 g/mol. The fourth-order valence-corrected chi connectivity index (χ4v) is 3.38. The third-order valence-electron chi connectivity index (χ3n) is 2.57. The fraction of sp³-hybridized carbons (Fsp3) is 0.308. The minimum Gasteiger partial charge on any atom is -0.304 e. The first kappa shape index (κ1) is 16.1. The Morgan fingerprint density at radius 2 is 2.10 bits per heavy atom. The molecule has 2 aromatic heterocycles. The van der Waals surface area contributed by atoms with Gasteiger partial charge < -0.3 is 4.98 Å². The predicted octanol–water partition coefficient (Wildman–Crippen LogP) is 4.16. The number of hydrogen-bond acceptors (Lipinski definition) is 3. The second kappa shape index (κ2) is 6.65. The van der Waals surface area contributed by atoms with Gasteiger partial charge in [0.1, 0.15) is 5.69 Å². The molecule has 0 aliphatic carbocycles. The molecule has 7 heteroatoms. The zero-order valence-corrected chi connectivity index (χ0v) is 16.2. The fourth-order valence-electron chi connectivity index (χ4n) is 1.73. The zero-order chi connectivity index (χ0) is 14.9. The average molecular weight is 513 g/mol. The molecule has 106 valence electrons. The van der Waals surface area contributed by atoms with Crippen molar-refractivity contribution in [3.05, 3.63) is 40.8 Å². The van der Waals surface area contributed by atoms with E-state index in [0.29, 0.717) is 21.0 Å². The molecule has 0 saturated heterocycles. The van der Waals surface area contributed by atoms with Crippen molar-refractivity contribution < 1.29 is 0 Å². The van der Waals surface area contributed by atoms with E-state index in [4.69, 9.17) is 0 Å². The Bertz CT molecular complexity index is 701. The summed E-state index contributed by atoms with van der Waals surface area (Å²) >= 11 is 8.84. The maximum atomic E-state index is 12.0. The van der Waals surface area contributed by atoms with Crippen molar-refractivity contribution in [1.29, 1.82) is 0 Å². The lowest BCUT2D eigenvalue weighted by Crippen LogP contribution is -2.18. The number of hydrogen-bond donors (Lipinski definition) is 1. The van der Waals surface area contributed by atoms with Crippen LogP contribution in [0.4, 0.5) is 0 Å². The van der Waals surface area contributed by atoms with Gasteiger partial charge in [-0.3, -0.25) is 9.78 Å². The van der Waals surface area contributed by atoms with Crippen LogP contribution >= 0.6 is 54.5 Å². The third kappa shape index (κ3) is 3.67. The number of aromatic nitrogens is 3. The van der Waals surface area contributed by atoms with Gasteiger partial charge in [0.15, 0.2) is 5.82 Å². The van der Waals surface area contributed by atoms with Gasteiger partial charge in [-0.2, -0.15) is 0 Å². The van der Waals surface area contributed by atoms with Crippen molar-refractivity contribution in [1.82, 2.24) is 15.0 Å². The van der Waals surface area contributed by atoms with Crippen molar-refractivity contribution in [2.45, 2.75) is 20.3 Å². The van der Waals surface area contributed by atoms with Crippen LogP contribution in [-0.2, 0) is 6.42 Å². The molecule has 0 fully saturated rings. The summed E-state index contributed by atoms with van der Waals surface area (Å²) < 4.78 is 2.29. The van der Waals surface area contributed by atoms with E-state index < -0.39 is 0 Å². The van der Waals surface area contributed by atoms with Crippen molar-refractivity contribution >= 4 is 54.5 Å². The number of rotatable bonds is 3. The van der Waals surface area contributed by atoms with E-state index in [0.717, 1.165) is 21.1 Å². The predicted molar refractivity (Wildman–Crippen MR) is 94.7 cm³/mol. The molecule has 0 bridgehead atoms. The van der Waals surface area contributed by atoms with Crippen LogP contribution in [0.1, 0.15) is 19.5 Å². The minimum absolute atomic E-state index is 0.122. The van der Waals surface area contributed by atoms with E-state index in [1.54, 1.807) is 6.20 Å². The molecule has 0 atom stereocenters. The van der Waals surface area contributed by atoms with E-state index in [2.05, 4.69) is 60.7 Å². The Labute approximate surface area is 147 Å². The highest BCUT2D eigenvalue weighted by molar-refractivity contribution is 14.1. The Morgan fingerprint density at radius 1 is 1.40 bits per heavy atom. The van der Waals surface area contributed by atoms with Gasteiger partial charge in [-0.25, -0.2) is 4.98 Å². The Morgan fingerprint density at radius 3 is 2.70 bits per heavy atom. The van der Waals surface area contributed by atoms with Crippen LogP contribution in [0.25, 0.3) is 11.5 Å². The summed E-state index contributed by atoms with van der Waals surface area (Å²) in [5.41, 5.74) is 1.32. The van der Waals surface area contributed by atoms with Crippen LogP contribution < -0.4 is 5.56 Å². The van der Waals surface area contributed by atoms with Crippen LogP contribution in [-0.4, -0.2) is 15.0 Å². The maximum Gasteiger partial charge on any atom is 0.264 e. The summed E-state index contributed by atoms with van der Waals surface area (Å²) in [6.07, 6.45) is 2.45. The van der Waals surface area contributed by atoms with E-state index >= 15 is 0 Å². The molecular weight excluding hydrogens is 501 g/mol. The zero-order valence-electron chi connectivity index (χ0n) is 10.9. The van der Waals surface area contributed by atoms with Gasteiger partial charge in [0.2, 0.25) is 0 Å². The minimum atomic E-state index is -0.122. The molecular formula is C13H12Br2IN3O. The molecule has 0 saturated carbocycles. The number of aromatic amines is 1. The average Bonchev–Trinajstić information content (AvgIpc) is 2.34. The Balaban J connectivity index is 2.57. The molecule has 0 aliphatic heterocycles. The Kier molecular flexibility index (Phi) is 5.36. The second-order valence-electron chi connectivity index (χ2n) is 4.76. The van der Waals surface area contributed by atoms with Crippen LogP contribution in [0.5, 0.6) is 0 Å². The smallest absolute Gasteiger partial charge is 0.264 e.